The molecule has 0 unspecified atom stereocenters. The highest BCUT2D eigenvalue weighted by Gasteiger charge is 2.70. The van der Waals surface area contributed by atoms with E-state index in [0.717, 1.165) is 27.9 Å². The number of fused-ring (bicyclic) bond motifs is 1. The normalized spacial score (nSPS) is 18.2. The number of hydrogen-bond acceptors (Lipinski definition) is 6. The largest absolute Gasteiger partial charge is 0.371 e. The molecule has 11 heteroatoms. The summed E-state index contributed by atoms with van der Waals surface area (Å²) in [4.78, 5) is 17.9. The quantitative estimate of drug-likeness (QED) is 0.254. The van der Waals surface area contributed by atoms with Crippen molar-refractivity contribution in [2.24, 2.45) is 12.5 Å². The van der Waals surface area contributed by atoms with Crippen LogP contribution in [0.4, 0.5) is 20.2 Å². The van der Waals surface area contributed by atoms with Gasteiger partial charge in [-0.15, -0.1) is 4.41 Å². The molecule has 5 rings (SSSR count). The molecule has 7 nitrogen and oxygen atoms in total. The Kier molecular flexibility index (Phi) is 7.16. The van der Waals surface area contributed by atoms with Gasteiger partial charge in [0.15, 0.2) is 0 Å². The van der Waals surface area contributed by atoms with Crippen LogP contribution < -0.4 is 15.9 Å². The first-order chi connectivity index (χ1) is 16.2. The first-order valence-corrected chi connectivity index (χ1v) is 12.2. The molecule has 1 aromatic carbocycles. The second kappa shape index (κ2) is 9.68. The molecule has 0 bridgehead atoms. The van der Waals surface area contributed by atoms with Crippen molar-refractivity contribution < 1.29 is 13.0 Å². The Balaban J connectivity index is 0.00000289. The highest BCUT2D eigenvalue weighted by Crippen LogP contribution is 2.66. The summed E-state index contributed by atoms with van der Waals surface area (Å²) in [6.07, 6.45) is 4.60. The van der Waals surface area contributed by atoms with Crippen molar-refractivity contribution in [3.05, 3.63) is 47.0 Å². The van der Waals surface area contributed by atoms with E-state index in [9.17, 15) is 13.6 Å². The van der Waals surface area contributed by atoms with Crippen LogP contribution in [-0.4, -0.2) is 46.6 Å². The van der Waals surface area contributed by atoms with Crippen molar-refractivity contribution in [3.63, 3.8) is 0 Å². The van der Waals surface area contributed by atoms with Gasteiger partial charge in [-0.3, -0.25) is 4.79 Å². The third-order valence-electron chi connectivity index (χ3n) is 7.02. The van der Waals surface area contributed by atoms with E-state index in [1.54, 1.807) is 22.2 Å². The maximum absolute atomic E-state index is 14.0. The van der Waals surface area contributed by atoms with Gasteiger partial charge in [0, 0.05) is 73.6 Å². The van der Waals surface area contributed by atoms with Crippen LogP contribution in [0.1, 0.15) is 26.2 Å². The number of halogens is 2. The van der Waals surface area contributed by atoms with Crippen LogP contribution in [0.3, 0.4) is 0 Å². The van der Waals surface area contributed by atoms with Crippen molar-refractivity contribution in [1.82, 2.24) is 14.0 Å². The number of aryl methyl sites for hydroxylation is 1. The molecule has 2 N–H and O–H groups in total. The molecule has 3 heterocycles. The number of anilines is 2. The van der Waals surface area contributed by atoms with Gasteiger partial charge in [0.25, 0.3) is 11.5 Å². The number of pyridine rings is 1. The van der Waals surface area contributed by atoms with Crippen LogP contribution in [0.25, 0.3) is 22.0 Å². The fraction of sp³-hybridized carbons (Fsp3) is 0.458. The van der Waals surface area contributed by atoms with Gasteiger partial charge in [0.1, 0.15) is 17.7 Å². The lowest BCUT2D eigenvalue weighted by Gasteiger charge is -2.35. The number of nitrogens with zero attached hydrogens (tertiary/aromatic N) is 3. The number of hydrogen-bond donors (Lipinski definition) is 2. The van der Waals surface area contributed by atoms with Crippen LogP contribution in [0.2, 0.25) is 0 Å². The number of alkyl halides is 2. The predicted octanol–water partition coefficient (Wildman–Crippen LogP) is 5.13. The fourth-order valence-corrected chi connectivity index (χ4v) is 5.42. The smallest absolute Gasteiger partial charge is 0.274 e. The van der Waals surface area contributed by atoms with Crippen LogP contribution in [0, 0.1) is 5.41 Å². The maximum Gasteiger partial charge on any atom is 0.274 e. The number of benzene rings is 1. The third kappa shape index (κ3) is 4.66. The second-order valence-electron chi connectivity index (χ2n) is 9.20. The molecule has 1 saturated heterocycles. The van der Waals surface area contributed by atoms with Gasteiger partial charge >= 0.3 is 0 Å². The van der Waals surface area contributed by atoms with Gasteiger partial charge in [0.2, 0.25) is 0 Å². The van der Waals surface area contributed by atoms with E-state index in [0.29, 0.717) is 38.1 Å². The summed E-state index contributed by atoms with van der Waals surface area (Å²) in [5.41, 5.74) is 6.62. The minimum Gasteiger partial charge on any atom is -0.371 e. The Hall–Kier alpha value is -2.21. The maximum atomic E-state index is 14.0. The average Bonchev–Trinajstić information content (AvgIpc) is 3.14. The van der Waals surface area contributed by atoms with Crippen LogP contribution in [-0.2, 0) is 11.2 Å². The summed E-state index contributed by atoms with van der Waals surface area (Å²) < 4.78 is 36.6. The number of nitrogens with one attached hydrogen (secondary N) is 2. The summed E-state index contributed by atoms with van der Waals surface area (Å²) in [5.74, 6) is -2.52. The number of rotatable bonds is 7. The average molecular weight is 524 g/mol. The van der Waals surface area contributed by atoms with Gasteiger partial charge in [0.05, 0.1) is 12.3 Å². The standard InChI is InChI=1S/C24H29F2N5O2S.H2S/c1-4-33-34-30(3)28-16-5-6-20(31-11-8-23(9-12-31)15-24(23,25)26)18(13-16)19-14-29(2)22(32)21-17(19)7-10-27-21;/h5-7,10,13-14,27-28H,4,8-9,11-12,15H2,1-3H3;1H2. The molecule has 0 atom stereocenters. The molecule has 190 valence electrons. The predicted molar refractivity (Wildman–Crippen MR) is 143 cm³/mol. The molecule has 35 heavy (non-hydrogen) atoms. The Morgan fingerprint density at radius 3 is 2.60 bits per heavy atom. The van der Waals surface area contributed by atoms with E-state index in [1.165, 1.54) is 12.2 Å². The summed E-state index contributed by atoms with van der Waals surface area (Å²) in [6, 6.07) is 7.96. The van der Waals surface area contributed by atoms with Crippen molar-refractivity contribution >= 4 is 48.0 Å². The Labute approximate surface area is 214 Å². The number of piperidine rings is 1. The molecular weight excluding hydrogens is 492 g/mol. The molecule has 0 amide bonds. The van der Waals surface area contributed by atoms with E-state index in [1.807, 2.05) is 44.4 Å². The van der Waals surface area contributed by atoms with E-state index in [-0.39, 0.29) is 25.5 Å². The SMILES string of the molecule is CCOSN(C)Nc1ccc(N2CCC3(CC2)CC3(F)F)c(-c2cn(C)c(=O)c3[nH]ccc23)c1.S. The van der Waals surface area contributed by atoms with Crippen molar-refractivity contribution in [2.45, 2.75) is 32.1 Å². The number of H-pyrrole nitrogens is 1. The Morgan fingerprint density at radius 1 is 1.23 bits per heavy atom. The molecule has 1 aliphatic heterocycles. The lowest BCUT2D eigenvalue weighted by Crippen LogP contribution is -2.36. The van der Waals surface area contributed by atoms with Gasteiger partial charge in [-0.25, -0.2) is 8.78 Å². The zero-order valence-electron chi connectivity index (χ0n) is 20.0. The molecule has 2 aromatic heterocycles. The van der Waals surface area contributed by atoms with E-state index >= 15 is 0 Å². The topological polar surface area (TPSA) is 65.5 Å². The molecule has 1 aliphatic carbocycles. The van der Waals surface area contributed by atoms with Crippen LogP contribution >= 0.6 is 25.7 Å². The highest BCUT2D eigenvalue weighted by atomic mass is 32.2. The molecule has 3 aromatic rings. The number of aromatic nitrogens is 2. The Bertz CT molecular complexity index is 1270. The molecule has 1 saturated carbocycles. The van der Waals surface area contributed by atoms with Crippen molar-refractivity contribution in [1.29, 1.82) is 0 Å². The van der Waals surface area contributed by atoms with Crippen LogP contribution in [0.15, 0.2) is 41.5 Å². The van der Waals surface area contributed by atoms with Gasteiger partial charge in [-0.05, 0) is 44.0 Å². The monoisotopic (exact) mass is 523 g/mol. The number of aromatic amines is 1. The zero-order chi connectivity index (χ0) is 24.1. The summed E-state index contributed by atoms with van der Waals surface area (Å²) >= 11 is 1.21. The lowest BCUT2D eigenvalue weighted by molar-refractivity contribution is 0.0537. The first-order valence-electron chi connectivity index (χ1n) is 11.5. The molecule has 2 fully saturated rings. The summed E-state index contributed by atoms with van der Waals surface area (Å²) in [6.45, 7) is 3.67. The van der Waals surface area contributed by atoms with E-state index in [2.05, 4.69) is 15.3 Å². The summed E-state index contributed by atoms with van der Waals surface area (Å²) in [5, 5.41) is 0.834. The lowest BCUT2D eigenvalue weighted by atomic mass is 9.91. The van der Waals surface area contributed by atoms with Crippen molar-refractivity contribution in [2.75, 3.05) is 37.1 Å². The first kappa shape index (κ1) is 25.9. The molecule has 2 aliphatic rings. The van der Waals surface area contributed by atoms with E-state index in [4.69, 9.17) is 4.18 Å². The van der Waals surface area contributed by atoms with Crippen molar-refractivity contribution in [3.8, 4) is 11.1 Å². The third-order valence-corrected chi connectivity index (χ3v) is 7.68. The highest BCUT2D eigenvalue weighted by molar-refractivity contribution is 7.92. The fourth-order valence-electron chi connectivity index (χ4n) is 5.01. The second-order valence-corrected chi connectivity index (χ2v) is 10.1. The van der Waals surface area contributed by atoms with Gasteiger partial charge in [-0.1, -0.05) is 0 Å². The Morgan fingerprint density at radius 2 is 1.94 bits per heavy atom. The zero-order valence-corrected chi connectivity index (χ0v) is 21.8. The van der Waals surface area contributed by atoms with Gasteiger partial charge < -0.3 is 24.1 Å². The minimum absolute atomic E-state index is 0. The summed E-state index contributed by atoms with van der Waals surface area (Å²) in [7, 11) is 3.60. The molecule has 1 spiro atoms. The van der Waals surface area contributed by atoms with Crippen LogP contribution in [0.5, 0.6) is 0 Å². The molecular formula is C24H31F2N5O2S2. The van der Waals surface area contributed by atoms with E-state index < -0.39 is 11.3 Å². The number of hydrazine groups is 1. The van der Waals surface area contributed by atoms with Gasteiger partial charge in [-0.2, -0.15) is 13.5 Å². The minimum atomic E-state index is -2.52. The molecule has 0 radical (unpaired) electrons.